The number of methoxy groups -OCH3 is 1. The summed E-state index contributed by atoms with van der Waals surface area (Å²) >= 11 is 7.72. The van der Waals surface area contributed by atoms with Crippen molar-refractivity contribution >= 4 is 69.4 Å². The Labute approximate surface area is 376 Å². The molecule has 2 N–H and O–H groups in total. The maximum atomic E-state index is 13.7. The highest BCUT2D eigenvalue weighted by molar-refractivity contribution is 7.99. The Kier molecular flexibility index (Phi) is 14.6. The van der Waals surface area contributed by atoms with Crippen LogP contribution >= 0.6 is 23.4 Å². The molecule has 1 atom stereocenters. The van der Waals surface area contributed by atoms with Crippen LogP contribution in [0.1, 0.15) is 86.6 Å². The van der Waals surface area contributed by atoms with Crippen LogP contribution in [0.25, 0.3) is 10.9 Å². The van der Waals surface area contributed by atoms with Gasteiger partial charge in [0.05, 0.1) is 24.3 Å². The van der Waals surface area contributed by atoms with Gasteiger partial charge in [-0.15, -0.1) is 11.8 Å². The number of halogens is 2. The van der Waals surface area contributed by atoms with E-state index in [-0.39, 0.29) is 29.2 Å². The number of unbranched alkanes of at least 4 members (excludes halogenated alkanes) is 2. The van der Waals surface area contributed by atoms with Crippen molar-refractivity contribution in [3.8, 4) is 11.5 Å². The molecular weight excluding hydrogens is 845 g/mol. The zero-order valence-corrected chi connectivity index (χ0v) is 37.3. The number of aromatic nitrogens is 2. The van der Waals surface area contributed by atoms with Crippen LogP contribution in [0.3, 0.4) is 0 Å². The smallest absolute Gasteiger partial charge is 0.255 e. The normalized spacial score (nSPS) is 18.8. The fourth-order valence-electron chi connectivity index (χ4n) is 9.47. The molecule has 4 amide bonds. The lowest BCUT2D eigenvalue weighted by Crippen LogP contribution is -2.52. The van der Waals surface area contributed by atoms with Crippen LogP contribution in [0, 0.1) is 17.7 Å². The van der Waals surface area contributed by atoms with Gasteiger partial charge in [0.15, 0.2) is 11.5 Å². The average Bonchev–Trinajstić information content (AvgIpc) is 3.63. The molecule has 0 saturated carbocycles. The minimum atomic E-state index is -0.614. The molecular formula is C47H55ClFN7O6S. The number of ether oxygens (including phenoxy) is 2. The molecule has 4 aromatic rings. The molecule has 0 radical (unpaired) electrons. The lowest BCUT2D eigenvalue weighted by molar-refractivity contribution is -0.137. The Bertz CT molecular complexity index is 2320. The van der Waals surface area contributed by atoms with Crippen molar-refractivity contribution in [2.24, 2.45) is 11.8 Å². The number of piperidine rings is 3. The van der Waals surface area contributed by atoms with Crippen molar-refractivity contribution in [3.05, 3.63) is 76.8 Å². The average molecular weight is 901 g/mol. The number of benzene rings is 3. The highest BCUT2D eigenvalue weighted by Gasteiger charge is 2.40. The number of nitrogens with one attached hydrogen (secondary N) is 2. The summed E-state index contributed by atoms with van der Waals surface area (Å²) in [7, 11) is 1.61. The van der Waals surface area contributed by atoms with E-state index >= 15 is 0 Å². The molecule has 1 aromatic heterocycles. The van der Waals surface area contributed by atoms with Crippen molar-refractivity contribution < 1.29 is 33.0 Å². The van der Waals surface area contributed by atoms with Gasteiger partial charge in [-0.3, -0.25) is 24.5 Å². The summed E-state index contributed by atoms with van der Waals surface area (Å²) in [4.78, 5) is 66.5. The summed E-state index contributed by atoms with van der Waals surface area (Å²) in [6.45, 7) is 5.73. The first-order valence-corrected chi connectivity index (χ1v) is 23.6. The van der Waals surface area contributed by atoms with E-state index in [1.807, 2.05) is 30.3 Å². The molecule has 4 aliphatic rings. The van der Waals surface area contributed by atoms with Gasteiger partial charge in [0.25, 0.3) is 5.91 Å². The molecule has 0 aliphatic carbocycles. The van der Waals surface area contributed by atoms with Gasteiger partial charge in [-0.25, -0.2) is 14.4 Å². The van der Waals surface area contributed by atoms with Crippen molar-refractivity contribution in [1.82, 2.24) is 30.0 Å². The Hall–Kier alpha value is -4.99. The van der Waals surface area contributed by atoms with Crippen LogP contribution in [-0.4, -0.2) is 107 Å². The fraction of sp³-hybridized carbons (Fsp3) is 0.489. The summed E-state index contributed by atoms with van der Waals surface area (Å²) < 4.78 is 25.6. The summed E-state index contributed by atoms with van der Waals surface area (Å²) in [5.41, 5.74) is 2.89. The highest BCUT2D eigenvalue weighted by Crippen LogP contribution is 2.37. The molecule has 3 fully saturated rings. The number of hydrogen-bond acceptors (Lipinski definition) is 11. The van der Waals surface area contributed by atoms with E-state index in [1.165, 1.54) is 31.3 Å². The van der Waals surface area contributed by atoms with Gasteiger partial charge in [-0.1, -0.05) is 24.1 Å². The summed E-state index contributed by atoms with van der Waals surface area (Å²) in [6.07, 6.45) is 10.9. The predicted octanol–water partition coefficient (Wildman–Crippen LogP) is 8.01. The summed E-state index contributed by atoms with van der Waals surface area (Å²) in [5.74, 6) is 2.96. The molecule has 3 saturated heterocycles. The minimum Gasteiger partial charge on any atom is -0.493 e. The molecule has 5 heterocycles. The van der Waals surface area contributed by atoms with Gasteiger partial charge in [0, 0.05) is 66.6 Å². The number of hydrogen-bond donors (Lipinski definition) is 2. The Morgan fingerprint density at radius 3 is 2.49 bits per heavy atom. The van der Waals surface area contributed by atoms with Crippen LogP contribution in [0.5, 0.6) is 11.5 Å². The minimum absolute atomic E-state index is 0.0220. The van der Waals surface area contributed by atoms with E-state index in [9.17, 15) is 23.6 Å². The zero-order chi connectivity index (χ0) is 43.9. The van der Waals surface area contributed by atoms with Crippen LogP contribution in [-0.2, 0) is 20.9 Å². The molecule has 334 valence electrons. The molecule has 16 heteroatoms. The Morgan fingerprint density at radius 2 is 1.73 bits per heavy atom. The molecule has 1 unspecified atom stereocenters. The van der Waals surface area contributed by atoms with E-state index in [0.717, 1.165) is 92.8 Å². The number of likely N-dealkylation sites (tertiary alicyclic amines) is 2. The van der Waals surface area contributed by atoms with Crippen LogP contribution in [0.4, 0.5) is 15.9 Å². The van der Waals surface area contributed by atoms with E-state index in [4.69, 9.17) is 21.1 Å². The summed E-state index contributed by atoms with van der Waals surface area (Å²) in [6, 6.07) is 13.3. The van der Waals surface area contributed by atoms with E-state index < -0.39 is 17.8 Å². The Morgan fingerprint density at radius 1 is 0.937 bits per heavy atom. The lowest BCUT2D eigenvalue weighted by atomic mass is 9.78. The third-order valence-corrected chi connectivity index (χ3v) is 14.5. The number of carbonyl (C=O) groups is 4. The number of rotatable bonds is 17. The van der Waals surface area contributed by atoms with Gasteiger partial charge in [-0.05, 0) is 124 Å². The summed E-state index contributed by atoms with van der Waals surface area (Å²) in [5, 5.41) is 6.34. The van der Waals surface area contributed by atoms with Crippen LogP contribution < -0.4 is 20.1 Å². The number of anilines is 2. The monoisotopic (exact) mass is 899 g/mol. The second kappa shape index (κ2) is 20.7. The van der Waals surface area contributed by atoms with Crippen LogP contribution in [0.2, 0.25) is 5.02 Å². The Balaban J connectivity index is 0.702. The van der Waals surface area contributed by atoms with E-state index in [1.54, 1.807) is 29.8 Å². The van der Waals surface area contributed by atoms with Crippen molar-refractivity contribution in [2.75, 3.05) is 57.5 Å². The first-order chi connectivity index (χ1) is 30.6. The van der Waals surface area contributed by atoms with Crippen molar-refractivity contribution in [3.63, 3.8) is 0 Å². The van der Waals surface area contributed by atoms with E-state index in [0.29, 0.717) is 71.9 Å². The number of thioether (sulfide) groups is 1. The second-order valence-corrected chi connectivity index (χ2v) is 18.5. The van der Waals surface area contributed by atoms with E-state index in [2.05, 4.69) is 30.4 Å². The number of nitrogens with zero attached hydrogens (tertiary/aromatic N) is 5. The van der Waals surface area contributed by atoms with Gasteiger partial charge < -0.3 is 29.5 Å². The SMILES string of the molecule is COc1cc2ncnc(Nc3ccc(F)c(Cl)c3)c2cc1OCCCN1CCC(C2CCN(C(=O)CCCCCSc3cccc4c3CN(C3CCC(=O)NC3=O)C4=O)CC2)CC1. The number of fused-ring (bicyclic) bond motifs is 2. The second-order valence-electron chi connectivity index (χ2n) is 16.9. The molecule has 4 aliphatic heterocycles. The van der Waals surface area contributed by atoms with Crippen molar-refractivity contribution in [1.29, 1.82) is 0 Å². The predicted molar refractivity (Wildman–Crippen MR) is 241 cm³/mol. The molecule has 3 aromatic carbocycles. The standard InChI is InChI=1S/C47H55ClFN7O6S/c1-61-40-27-38-34(45(51-29-50-38)52-32-10-11-37(49)36(48)25-32)26-41(40)62-23-6-18-54-19-14-30(15-20-54)31-16-21-55(22-17-31)44(58)9-3-2-4-24-63-42-8-5-7-33-35(42)28-56(47(33)60)39-12-13-43(57)53-46(39)59/h5,7-8,10-11,25-27,29-31,39H,2-4,6,9,12-24,28H2,1H3,(H,50,51,52)(H,53,57,59). The number of carbonyl (C=O) groups excluding carboxylic acids is 4. The third-order valence-electron chi connectivity index (χ3n) is 13.0. The molecule has 13 nitrogen and oxygen atoms in total. The van der Waals surface area contributed by atoms with Gasteiger partial charge in [0.1, 0.15) is 24.0 Å². The van der Waals surface area contributed by atoms with Crippen molar-refractivity contribution in [2.45, 2.75) is 88.1 Å². The van der Waals surface area contributed by atoms with Gasteiger partial charge in [-0.2, -0.15) is 0 Å². The molecule has 8 rings (SSSR count). The lowest BCUT2D eigenvalue weighted by Gasteiger charge is -2.40. The zero-order valence-electron chi connectivity index (χ0n) is 35.7. The third kappa shape index (κ3) is 10.7. The molecule has 63 heavy (non-hydrogen) atoms. The van der Waals surface area contributed by atoms with Gasteiger partial charge in [0.2, 0.25) is 17.7 Å². The quantitative estimate of drug-likeness (QED) is 0.0604. The number of imide groups is 1. The topological polar surface area (TPSA) is 146 Å². The fourth-order valence-corrected chi connectivity index (χ4v) is 10.7. The largest absolute Gasteiger partial charge is 0.493 e. The number of amides is 4. The van der Waals surface area contributed by atoms with Crippen LogP contribution in [0.15, 0.2) is 59.8 Å². The maximum absolute atomic E-state index is 13.7. The molecule has 0 spiro atoms. The highest BCUT2D eigenvalue weighted by atomic mass is 35.5. The first-order valence-electron chi connectivity index (χ1n) is 22.2. The maximum Gasteiger partial charge on any atom is 0.255 e. The van der Waals surface area contributed by atoms with Gasteiger partial charge >= 0.3 is 0 Å². The molecule has 0 bridgehead atoms. The first kappa shape index (κ1) is 44.6.